The van der Waals surface area contributed by atoms with Crippen LogP contribution in [0.15, 0.2) is 33.3 Å². The van der Waals surface area contributed by atoms with Gasteiger partial charge in [0.15, 0.2) is 4.47 Å². The number of quaternary nitrogens is 1. The van der Waals surface area contributed by atoms with E-state index < -0.39 is 0 Å². The van der Waals surface area contributed by atoms with E-state index in [4.69, 9.17) is 5.84 Å². The first kappa shape index (κ1) is 17.1. The van der Waals surface area contributed by atoms with Gasteiger partial charge < -0.3 is 0 Å². The molecule has 0 bridgehead atoms. The van der Waals surface area contributed by atoms with E-state index in [0.29, 0.717) is 0 Å². The first-order valence-corrected chi connectivity index (χ1v) is 7.83. The lowest BCUT2D eigenvalue weighted by Gasteiger charge is -2.04. The number of nitrogens with two attached hydrogens (primary N) is 1. The number of benzene rings is 1. The Morgan fingerprint density at radius 1 is 1.00 bits per heavy atom. The molecule has 1 aromatic carbocycles. The molecule has 0 saturated carbocycles. The van der Waals surface area contributed by atoms with Gasteiger partial charge in [-0.15, -0.1) is 0 Å². The summed E-state index contributed by atoms with van der Waals surface area (Å²) in [6.07, 6.45) is 1.74. The van der Waals surface area contributed by atoms with Gasteiger partial charge in [0, 0.05) is 0 Å². The lowest BCUT2D eigenvalue weighted by atomic mass is 10.0. The highest BCUT2D eigenvalue weighted by Crippen LogP contribution is 2.17. The second kappa shape index (κ2) is 7.20. The molecule has 0 saturated heterocycles. The van der Waals surface area contributed by atoms with Crippen LogP contribution in [0, 0.1) is 27.7 Å². The van der Waals surface area contributed by atoms with Crippen molar-refractivity contribution in [2.75, 3.05) is 5.84 Å². The van der Waals surface area contributed by atoms with Crippen LogP contribution in [0.3, 0.4) is 0 Å². The number of aryl methyl sites for hydroxylation is 3. The van der Waals surface area contributed by atoms with Gasteiger partial charge in [0.05, 0.1) is 4.47 Å². The van der Waals surface area contributed by atoms with Crippen molar-refractivity contribution in [1.82, 2.24) is 0 Å². The van der Waals surface area contributed by atoms with Crippen molar-refractivity contribution in [3.05, 3.63) is 55.6 Å². The predicted octanol–water partition coefficient (Wildman–Crippen LogP) is 3.01. The molecule has 0 aliphatic carbocycles. The third kappa shape index (κ3) is 4.58. The van der Waals surface area contributed by atoms with Crippen molar-refractivity contribution in [3.8, 4) is 0 Å². The Balaban J connectivity index is 0.000000200. The van der Waals surface area contributed by atoms with Gasteiger partial charge in [0.25, 0.3) is 0 Å². The maximum atomic E-state index is 5.52. The highest BCUT2D eigenvalue weighted by Gasteiger charge is 2.12. The number of pyridine rings is 1. The highest BCUT2D eigenvalue weighted by atomic mass is 79.9. The van der Waals surface area contributed by atoms with E-state index in [1.54, 1.807) is 6.20 Å². The van der Waals surface area contributed by atoms with Crippen LogP contribution in [0.4, 0.5) is 5.82 Å². The van der Waals surface area contributed by atoms with E-state index in [2.05, 4.69) is 77.4 Å². The molecular weight excluding hydrogens is 382 g/mol. The molecule has 0 amide bonds. The molecule has 108 valence electrons. The molecule has 0 unspecified atom stereocenters. The molecule has 0 radical (unpaired) electrons. The van der Waals surface area contributed by atoms with Gasteiger partial charge in [-0.25, -0.2) is 5.84 Å². The van der Waals surface area contributed by atoms with Gasteiger partial charge in [0.1, 0.15) is 0 Å². The third-order valence-electron chi connectivity index (χ3n) is 3.19. The van der Waals surface area contributed by atoms with Gasteiger partial charge in [0.2, 0.25) is 6.20 Å². The number of rotatable bonds is 0. The van der Waals surface area contributed by atoms with Crippen LogP contribution in [0.1, 0.15) is 22.3 Å². The largest absolute Gasteiger partial charge is 0.406 e. The van der Waals surface area contributed by atoms with Crippen molar-refractivity contribution < 1.29 is 10.4 Å². The maximum absolute atomic E-state index is 5.52. The van der Waals surface area contributed by atoms with E-state index >= 15 is 0 Å². The fourth-order valence-electron chi connectivity index (χ4n) is 1.83. The van der Waals surface area contributed by atoms with E-state index in [-0.39, 0.29) is 0 Å². The summed E-state index contributed by atoms with van der Waals surface area (Å²) in [6.45, 7) is 8.63. The van der Waals surface area contributed by atoms with Crippen molar-refractivity contribution in [2.24, 2.45) is 0 Å². The Kier molecular flexibility index (Phi) is 6.17. The van der Waals surface area contributed by atoms with E-state index in [9.17, 15) is 0 Å². The van der Waals surface area contributed by atoms with Crippen molar-refractivity contribution >= 4 is 37.7 Å². The van der Waals surface area contributed by atoms with Crippen LogP contribution in [-0.2, 0) is 0 Å². The van der Waals surface area contributed by atoms with Gasteiger partial charge in [-0.2, -0.15) is 0 Å². The van der Waals surface area contributed by atoms with E-state index in [0.717, 1.165) is 14.8 Å². The van der Waals surface area contributed by atoms with Crippen LogP contribution in [0.25, 0.3) is 0 Å². The fraction of sp³-hybridized carbons (Fsp3) is 0.267. The molecule has 0 spiro atoms. The molecule has 20 heavy (non-hydrogen) atoms. The van der Waals surface area contributed by atoms with Crippen molar-refractivity contribution in [3.63, 3.8) is 0 Å². The van der Waals surface area contributed by atoms with Gasteiger partial charge in [-0.1, -0.05) is 17.7 Å². The predicted molar refractivity (Wildman–Crippen MR) is 90.1 cm³/mol. The summed E-state index contributed by atoms with van der Waals surface area (Å²) in [4.78, 5) is 0. The standard InChI is InChI=1S/C10H14.C5H5Br2N3/c1-7-5-8(2)10(4)9(3)6-7;6-3-1-4(7)5(8)10(9)2-3/h5-6H,1-4H3;1-2,8H,9H2/p+2. The fourth-order valence-corrected chi connectivity index (χ4v) is 3.04. The zero-order valence-corrected chi connectivity index (χ0v) is 15.5. The molecule has 1 aromatic heterocycles. The summed E-state index contributed by atoms with van der Waals surface area (Å²) in [6, 6.07) is 6.34. The number of halogens is 2. The van der Waals surface area contributed by atoms with Crippen molar-refractivity contribution in [1.29, 1.82) is 0 Å². The minimum Gasteiger partial charge on any atom is -0.266 e. The second-order valence-corrected chi connectivity index (χ2v) is 6.65. The molecule has 2 rings (SSSR count). The summed E-state index contributed by atoms with van der Waals surface area (Å²) in [5.74, 6) is 6.27. The summed E-state index contributed by atoms with van der Waals surface area (Å²) < 4.78 is 3.27. The Labute approximate surface area is 137 Å². The molecule has 5 heteroatoms. The molecule has 0 atom stereocenters. The molecule has 1 heterocycles. The lowest BCUT2D eigenvalue weighted by Crippen LogP contribution is -2.59. The monoisotopic (exact) mass is 401 g/mol. The van der Waals surface area contributed by atoms with Crippen LogP contribution < -0.4 is 16.3 Å². The van der Waals surface area contributed by atoms with Gasteiger partial charge >= 0.3 is 5.82 Å². The van der Waals surface area contributed by atoms with E-state index in [1.807, 2.05) is 6.07 Å². The number of nitrogen functional groups attached to an aromatic ring is 1. The Morgan fingerprint density at radius 3 is 1.95 bits per heavy atom. The summed E-state index contributed by atoms with van der Waals surface area (Å²) >= 11 is 6.59. The normalized spacial score (nSPS) is 9.95. The Hall–Kier alpha value is -0.910. The molecule has 0 fully saturated rings. The first-order chi connectivity index (χ1) is 9.22. The summed E-state index contributed by atoms with van der Waals surface area (Å²) in [7, 11) is 0. The quantitative estimate of drug-likeness (QED) is 0.516. The van der Waals surface area contributed by atoms with Crippen LogP contribution in [0.2, 0.25) is 0 Å². The molecule has 0 aliphatic rings. The maximum Gasteiger partial charge on any atom is 0.406 e. The van der Waals surface area contributed by atoms with Gasteiger partial charge in [-0.3, -0.25) is 5.73 Å². The topological polar surface area (TPSA) is 57.5 Å². The average molecular weight is 403 g/mol. The Bertz CT molecular complexity index is 523. The van der Waals surface area contributed by atoms with Gasteiger partial charge in [-0.05, 0) is 87.0 Å². The minimum atomic E-state index is 0.753. The van der Waals surface area contributed by atoms with E-state index in [1.165, 1.54) is 26.9 Å². The average Bonchev–Trinajstić information content (AvgIpc) is 2.33. The molecule has 2 aromatic rings. The zero-order valence-electron chi connectivity index (χ0n) is 12.3. The smallest absolute Gasteiger partial charge is 0.266 e. The third-order valence-corrected chi connectivity index (χ3v) is 4.31. The number of hydrogen-bond donors (Lipinski definition) is 2. The Morgan fingerprint density at radius 2 is 1.50 bits per heavy atom. The molecular formula is C15H21Br2N3+2. The SMILES string of the molecule is Cc1cc(C)c(C)c(C)c1.N[n+]1cc(Br)cc(Br)c1[NH3+]. The van der Waals surface area contributed by atoms with Crippen molar-refractivity contribution in [2.45, 2.75) is 27.7 Å². The molecule has 0 aliphatic heterocycles. The van der Waals surface area contributed by atoms with Crippen LogP contribution in [-0.4, -0.2) is 0 Å². The lowest BCUT2D eigenvalue weighted by molar-refractivity contribution is -0.676. The first-order valence-electron chi connectivity index (χ1n) is 6.24. The highest BCUT2D eigenvalue weighted by molar-refractivity contribution is 9.11. The van der Waals surface area contributed by atoms with Crippen LogP contribution in [0.5, 0.6) is 0 Å². The number of nitrogens with zero attached hydrogens (tertiary/aromatic N) is 1. The molecule has 5 N–H and O–H groups in total. The number of aromatic nitrogens is 1. The minimum absolute atomic E-state index is 0.753. The number of hydrogen-bond acceptors (Lipinski definition) is 1. The summed E-state index contributed by atoms with van der Waals surface area (Å²) in [5.41, 5.74) is 9.32. The summed E-state index contributed by atoms with van der Waals surface area (Å²) in [5, 5.41) is 0. The molecule has 3 nitrogen and oxygen atoms in total. The zero-order chi connectivity index (χ0) is 15.4. The second-order valence-electron chi connectivity index (χ2n) is 4.88. The van der Waals surface area contributed by atoms with Crippen LogP contribution >= 0.6 is 31.9 Å².